The Morgan fingerprint density at radius 1 is 1.12 bits per heavy atom. The molecule has 0 saturated carbocycles. The number of carbonyl (C=O) groups is 3. The van der Waals surface area contributed by atoms with E-state index in [-0.39, 0.29) is 19.7 Å². The summed E-state index contributed by atoms with van der Waals surface area (Å²) in [5.41, 5.74) is 0.135. The lowest BCUT2D eigenvalue weighted by molar-refractivity contribution is -0.129. The number of hydrogen-bond donors (Lipinski definition) is 1. The Bertz CT molecular complexity index is 581. The van der Waals surface area contributed by atoms with E-state index in [1.807, 2.05) is 37.3 Å². The summed E-state index contributed by atoms with van der Waals surface area (Å²) < 4.78 is 10.2. The van der Waals surface area contributed by atoms with Gasteiger partial charge in [-0.15, -0.1) is 0 Å². The van der Waals surface area contributed by atoms with Gasteiger partial charge in [0.2, 0.25) is 0 Å². The number of nitrogens with zero attached hydrogens (tertiary/aromatic N) is 1. The number of imide groups is 1. The molecule has 7 heteroatoms. The number of ether oxygens (including phenoxy) is 2. The van der Waals surface area contributed by atoms with Crippen molar-refractivity contribution in [3.8, 4) is 0 Å². The molecule has 1 aromatic rings. The number of alkyl carbamates (subject to hydrolysis) is 1. The van der Waals surface area contributed by atoms with Crippen LogP contribution < -0.4 is 5.32 Å². The van der Waals surface area contributed by atoms with Crippen LogP contribution in [0, 0.1) is 0 Å². The van der Waals surface area contributed by atoms with E-state index < -0.39 is 23.7 Å². The molecule has 7 nitrogen and oxygen atoms in total. The van der Waals surface area contributed by atoms with Crippen molar-refractivity contribution in [2.45, 2.75) is 46.3 Å². The highest BCUT2D eigenvalue weighted by Gasteiger charge is 2.26. The Morgan fingerprint density at radius 3 is 2.32 bits per heavy atom. The van der Waals surface area contributed by atoms with Crippen LogP contribution in [0.5, 0.6) is 0 Å². The minimum absolute atomic E-state index is 0.103. The molecule has 3 amide bonds. The molecule has 1 aromatic carbocycles. The average Bonchev–Trinajstić information content (AvgIpc) is 2.55. The molecular formula is C18H26N2O5. The van der Waals surface area contributed by atoms with Crippen LogP contribution in [-0.2, 0) is 20.9 Å². The summed E-state index contributed by atoms with van der Waals surface area (Å²) in [7, 11) is 0. The fourth-order valence-electron chi connectivity index (χ4n) is 1.88. The SMILES string of the molecule is CCCN(C(=O)CNC(=O)OCc1ccccc1)C(=O)OC(C)(C)C. The van der Waals surface area contributed by atoms with Crippen molar-refractivity contribution in [1.29, 1.82) is 0 Å². The smallest absolute Gasteiger partial charge is 0.417 e. The summed E-state index contributed by atoms with van der Waals surface area (Å²) in [6.07, 6.45) is -0.861. The molecule has 0 aromatic heterocycles. The zero-order valence-electron chi connectivity index (χ0n) is 15.2. The predicted octanol–water partition coefficient (Wildman–Crippen LogP) is 3.09. The lowest BCUT2D eigenvalue weighted by Gasteiger charge is -2.26. The standard InChI is InChI=1S/C18H26N2O5/c1-5-11-20(17(23)25-18(2,3)4)15(21)12-19-16(22)24-13-14-9-7-6-8-10-14/h6-10H,5,11-13H2,1-4H3,(H,19,22). The minimum Gasteiger partial charge on any atom is -0.445 e. The van der Waals surface area contributed by atoms with Gasteiger partial charge in [0.15, 0.2) is 0 Å². The molecule has 0 fully saturated rings. The number of hydrogen-bond acceptors (Lipinski definition) is 5. The first-order valence-electron chi connectivity index (χ1n) is 8.21. The van der Waals surface area contributed by atoms with E-state index >= 15 is 0 Å². The van der Waals surface area contributed by atoms with Crippen molar-refractivity contribution in [2.75, 3.05) is 13.1 Å². The van der Waals surface area contributed by atoms with Gasteiger partial charge in [-0.1, -0.05) is 37.3 Å². The van der Waals surface area contributed by atoms with E-state index in [0.29, 0.717) is 6.42 Å². The Kier molecular flexibility index (Phi) is 7.91. The molecule has 0 aliphatic heterocycles. The highest BCUT2D eigenvalue weighted by atomic mass is 16.6. The van der Waals surface area contributed by atoms with Gasteiger partial charge in [0, 0.05) is 6.54 Å². The normalized spacial score (nSPS) is 10.7. The first-order valence-corrected chi connectivity index (χ1v) is 8.21. The third kappa shape index (κ3) is 8.19. The maximum atomic E-state index is 12.2. The maximum absolute atomic E-state index is 12.2. The van der Waals surface area contributed by atoms with Gasteiger partial charge in [0.1, 0.15) is 18.8 Å². The van der Waals surface area contributed by atoms with E-state index in [2.05, 4.69) is 5.32 Å². The van der Waals surface area contributed by atoms with Crippen LogP contribution in [0.25, 0.3) is 0 Å². The van der Waals surface area contributed by atoms with Gasteiger partial charge in [-0.25, -0.2) is 14.5 Å². The van der Waals surface area contributed by atoms with Crippen LogP contribution in [0.2, 0.25) is 0 Å². The Balaban J connectivity index is 2.48. The fourth-order valence-corrected chi connectivity index (χ4v) is 1.88. The predicted molar refractivity (Wildman–Crippen MR) is 92.9 cm³/mol. The van der Waals surface area contributed by atoms with Crippen LogP contribution in [0.1, 0.15) is 39.7 Å². The van der Waals surface area contributed by atoms with E-state index in [1.54, 1.807) is 20.8 Å². The van der Waals surface area contributed by atoms with Crippen LogP contribution in [0.15, 0.2) is 30.3 Å². The molecule has 0 unspecified atom stereocenters. The van der Waals surface area contributed by atoms with Gasteiger partial charge in [-0.05, 0) is 32.8 Å². The minimum atomic E-state index is -0.724. The maximum Gasteiger partial charge on any atom is 0.417 e. The third-order valence-corrected chi connectivity index (χ3v) is 2.96. The van der Waals surface area contributed by atoms with Crippen molar-refractivity contribution in [2.24, 2.45) is 0 Å². The molecule has 0 radical (unpaired) electrons. The first kappa shape index (κ1) is 20.5. The molecule has 0 aliphatic carbocycles. The molecule has 1 N–H and O–H groups in total. The summed E-state index contributed by atoms with van der Waals surface area (Å²) in [6, 6.07) is 9.18. The largest absolute Gasteiger partial charge is 0.445 e. The summed E-state index contributed by atoms with van der Waals surface area (Å²) in [5.74, 6) is -0.548. The van der Waals surface area contributed by atoms with E-state index in [1.165, 1.54) is 0 Å². The number of nitrogens with one attached hydrogen (secondary N) is 1. The molecule has 1 rings (SSSR count). The van der Waals surface area contributed by atoms with Gasteiger partial charge in [0.05, 0.1) is 0 Å². The monoisotopic (exact) mass is 350 g/mol. The highest BCUT2D eigenvalue weighted by Crippen LogP contribution is 2.10. The second-order valence-electron chi connectivity index (χ2n) is 6.44. The Hall–Kier alpha value is -2.57. The Morgan fingerprint density at radius 2 is 1.76 bits per heavy atom. The van der Waals surface area contributed by atoms with E-state index in [0.717, 1.165) is 10.5 Å². The third-order valence-electron chi connectivity index (χ3n) is 2.96. The van der Waals surface area contributed by atoms with Crippen molar-refractivity contribution in [1.82, 2.24) is 10.2 Å². The molecule has 0 bridgehead atoms. The van der Waals surface area contributed by atoms with Gasteiger partial charge in [-0.2, -0.15) is 0 Å². The summed E-state index contributed by atoms with van der Waals surface area (Å²) in [5, 5.41) is 2.35. The zero-order chi connectivity index (χ0) is 18.9. The molecule has 0 saturated heterocycles. The van der Waals surface area contributed by atoms with Crippen LogP contribution >= 0.6 is 0 Å². The second kappa shape index (κ2) is 9.66. The van der Waals surface area contributed by atoms with Crippen molar-refractivity contribution in [3.05, 3.63) is 35.9 Å². The molecule has 0 atom stereocenters. The van der Waals surface area contributed by atoms with Crippen molar-refractivity contribution in [3.63, 3.8) is 0 Å². The molecule has 0 spiro atoms. The molecular weight excluding hydrogens is 324 g/mol. The second-order valence-corrected chi connectivity index (χ2v) is 6.44. The van der Waals surface area contributed by atoms with Crippen molar-refractivity contribution < 1.29 is 23.9 Å². The van der Waals surface area contributed by atoms with Crippen molar-refractivity contribution >= 4 is 18.1 Å². The van der Waals surface area contributed by atoms with E-state index in [9.17, 15) is 14.4 Å². The summed E-state index contributed by atoms with van der Waals surface area (Å²) in [4.78, 5) is 36.9. The van der Waals surface area contributed by atoms with Crippen LogP contribution in [0.3, 0.4) is 0 Å². The quantitative estimate of drug-likeness (QED) is 0.852. The van der Waals surface area contributed by atoms with Crippen LogP contribution in [-0.4, -0.2) is 41.7 Å². The fraction of sp³-hybridized carbons (Fsp3) is 0.500. The summed E-state index contributed by atoms with van der Waals surface area (Å²) in [6.45, 7) is 6.98. The molecule has 0 aliphatic rings. The Labute approximate surface area is 148 Å². The average molecular weight is 350 g/mol. The topological polar surface area (TPSA) is 84.9 Å². The lowest BCUT2D eigenvalue weighted by atomic mass is 10.2. The number of carbonyl (C=O) groups excluding carboxylic acids is 3. The molecule has 25 heavy (non-hydrogen) atoms. The van der Waals surface area contributed by atoms with Gasteiger partial charge < -0.3 is 14.8 Å². The summed E-state index contributed by atoms with van der Waals surface area (Å²) >= 11 is 0. The van der Waals surface area contributed by atoms with E-state index in [4.69, 9.17) is 9.47 Å². The zero-order valence-corrected chi connectivity index (χ0v) is 15.2. The number of rotatable bonds is 6. The highest BCUT2D eigenvalue weighted by molar-refractivity contribution is 5.94. The number of amides is 3. The molecule has 0 heterocycles. The van der Waals surface area contributed by atoms with Gasteiger partial charge >= 0.3 is 12.2 Å². The molecule has 138 valence electrons. The van der Waals surface area contributed by atoms with Gasteiger partial charge in [-0.3, -0.25) is 4.79 Å². The van der Waals surface area contributed by atoms with Crippen LogP contribution in [0.4, 0.5) is 9.59 Å². The number of benzene rings is 1. The lowest BCUT2D eigenvalue weighted by Crippen LogP contribution is -2.46. The van der Waals surface area contributed by atoms with Gasteiger partial charge in [0.25, 0.3) is 5.91 Å². The first-order chi connectivity index (χ1) is 11.7.